The Balaban J connectivity index is 1.66. The molecule has 0 fully saturated rings. The number of fused-ring (bicyclic) bond motifs is 1. The summed E-state index contributed by atoms with van der Waals surface area (Å²) in [6.07, 6.45) is 0. The van der Waals surface area contributed by atoms with E-state index < -0.39 is 11.8 Å². The molecule has 0 unspecified atom stereocenters. The van der Waals surface area contributed by atoms with Crippen LogP contribution in [0.1, 0.15) is 9.67 Å². The Hall–Kier alpha value is -2.28. The van der Waals surface area contributed by atoms with Gasteiger partial charge in [0, 0.05) is 15.1 Å². The number of anilines is 1. The summed E-state index contributed by atoms with van der Waals surface area (Å²) in [5.74, 6) is -0.331. The van der Waals surface area contributed by atoms with Gasteiger partial charge in [0.05, 0.1) is 24.4 Å². The predicted octanol–water partition coefficient (Wildman–Crippen LogP) is 4.59. The minimum absolute atomic E-state index is 0.209. The first-order chi connectivity index (χ1) is 12.5. The van der Waals surface area contributed by atoms with Gasteiger partial charge in [-0.2, -0.15) is 0 Å². The highest BCUT2D eigenvalue weighted by Gasteiger charge is 2.17. The van der Waals surface area contributed by atoms with Crippen molar-refractivity contribution < 1.29 is 14.3 Å². The minimum Gasteiger partial charge on any atom is -0.495 e. The van der Waals surface area contributed by atoms with E-state index in [1.165, 1.54) is 18.4 Å². The smallest absolute Gasteiger partial charge is 0.263 e. The molecule has 0 radical (unpaired) electrons. The van der Waals surface area contributed by atoms with E-state index in [-0.39, 0.29) is 6.54 Å². The number of nitrogens with one attached hydrogen (secondary N) is 2. The highest BCUT2D eigenvalue weighted by atomic mass is 35.5. The van der Waals surface area contributed by atoms with Gasteiger partial charge in [0.1, 0.15) is 10.6 Å². The molecule has 8 heteroatoms. The Bertz CT molecular complexity index is 988. The van der Waals surface area contributed by atoms with Crippen LogP contribution in [-0.2, 0) is 4.79 Å². The number of ether oxygens (including phenoxy) is 1. The van der Waals surface area contributed by atoms with Gasteiger partial charge in [-0.05, 0) is 24.3 Å². The van der Waals surface area contributed by atoms with Crippen molar-refractivity contribution in [3.63, 3.8) is 0 Å². The van der Waals surface area contributed by atoms with E-state index in [0.29, 0.717) is 26.4 Å². The Morgan fingerprint density at radius 1 is 1.15 bits per heavy atom. The third-order valence-corrected chi connectivity index (χ3v) is 5.50. The van der Waals surface area contributed by atoms with Gasteiger partial charge in [-0.25, -0.2) is 0 Å². The fraction of sp³-hybridized carbons (Fsp3) is 0.111. The summed E-state index contributed by atoms with van der Waals surface area (Å²) in [6, 6.07) is 12.3. The van der Waals surface area contributed by atoms with Crippen molar-refractivity contribution in [2.75, 3.05) is 19.0 Å². The van der Waals surface area contributed by atoms with Crippen molar-refractivity contribution in [1.29, 1.82) is 0 Å². The van der Waals surface area contributed by atoms with Crippen LogP contribution in [0, 0.1) is 0 Å². The van der Waals surface area contributed by atoms with Gasteiger partial charge in [-0.1, -0.05) is 41.4 Å². The molecule has 0 spiro atoms. The zero-order chi connectivity index (χ0) is 18.7. The zero-order valence-corrected chi connectivity index (χ0v) is 16.0. The molecule has 2 amide bonds. The second kappa shape index (κ2) is 7.95. The van der Waals surface area contributed by atoms with Crippen molar-refractivity contribution in [1.82, 2.24) is 5.32 Å². The Kier molecular flexibility index (Phi) is 5.66. The first kappa shape index (κ1) is 18.5. The number of methoxy groups -OCH3 is 1. The molecule has 0 saturated carbocycles. The summed E-state index contributed by atoms with van der Waals surface area (Å²) in [4.78, 5) is 24.9. The van der Waals surface area contributed by atoms with Crippen LogP contribution in [0.3, 0.4) is 0 Å². The molecule has 1 heterocycles. The molecule has 1 aromatic heterocycles. The van der Waals surface area contributed by atoms with Crippen molar-refractivity contribution in [3.8, 4) is 5.75 Å². The molecule has 0 saturated heterocycles. The number of halogens is 2. The highest BCUT2D eigenvalue weighted by Crippen LogP contribution is 2.35. The van der Waals surface area contributed by atoms with Gasteiger partial charge in [-0.15, -0.1) is 11.3 Å². The largest absolute Gasteiger partial charge is 0.495 e. The van der Waals surface area contributed by atoms with Crippen molar-refractivity contribution in [2.45, 2.75) is 0 Å². The maximum absolute atomic E-state index is 12.4. The fourth-order valence-electron chi connectivity index (χ4n) is 2.37. The monoisotopic (exact) mass is 408 g/mol. The molecular weight excluding hydrogens is 395 g/mol. The van der Waals surface area contributed by atoms with Crippen LogP contribution in [0.25, 0.3) is 10.1 Å². The van der Waals surface area contributed by atoms with E-state index >= 15 is 0 Å². The maximum Gasteiger partial charge on any atom is 0.263 e. The van der Waals surface area contributed by atoms with Crippen LogP contribution in [-0.4, -0.2) is 25.5 Å². The van der Waals surface area contributed by atoms with Crippen molar-refractivity contribution in [3.05, 3.63) is 57.4 Å². The van der Waals surface area contributed by atoms with Crippen molar-refractivity contribution >= 4 is 62.1 Å². The minimum atomic E-state index is -0.406. The maximum atomic E-state index is 12.4. The van der Waals surface area contributed by atoms with E-state index in [2.05, 4.69) is 10.6 Å². The molecule has 0 aliphatic rings. The molecule has 0 aliphatic carbocycles. The first-order valence-electron chi connectivity index (χ1n) is 7.58. The van der Waals surface area contributed by atoms with Crippen LogP contribution < -0.4 is 15.4 Å². The summed E-state index contributed by atoms with van der Waals surface area (Å²) in [5, 5.41) is 6.90. The lowest BCUT2D eigenvalue weighted by molar-refractivity contribution is -0.115. The van der Waals surface area contributed by atoms with Crippen LogP contribution >= 0.6 is 34.5 Å². The topological polar surface area (TPSA) is 67.4 Å². The van der Waals surface area contributed by atoms with E-state index in [1.807, 2.05) is 24.3 Å². The van der Waals surface area contributed by atoms with Gasteiger partial charge in [-0.3, -0.25) is 9.59 Å². The number of thiophene rings is 1. The van der Waals surface area contributed by atoms with E-state index in [0.717, 1.165) is 10.1 Å². The van der Waals surface area contributed by atoms with Gasteiger partial charge in [0.2, 0.25) is 5.91 Å². The quantitative estimate of drug-likeness (QED) is 0.648. The number of carbonyl (C=O) groups excluding carboxylic acids is 2. The molecule has 0 aliphatic heterocycles. The molecule has 0 atom stereocenters. The Morgan fingerprint density at radius 3 is 2.65 bits per heavy atom. The molecule has 2 N–H and O–H groups in total. The molecule has 2 aromatic carbocycles. The number of hydrogen-bond donors (Lipinski definition) is 2. The molecule has 26 heavy (non-hydrogen) atoms. The predicted molar refractivity (Wildman–Crippen MR) is 106 cm³/mol. The summed E-state index contributed by atoms with van der Waals surface area (Å²) in [5.41, 5.74) is 0.430. The Morgan fingerprint density at radius 2 is 1.92 bits per heavy atom. The normalized spacial score (nSPS) is 10.6. The van der Waals surface area contributed by atoms with Crippen molar-refractivity contribution in [2.24, 2.45) is 0 Å². The summed E-state index contributed by atoms with van der Waals surface area (Å²) < 4.78 is 6.08. The lowest BCUT2D eigenvalue weighted by Crippen LogP contribution is -2.32. The van der Waals surface area contributed by atoms with Crippen LogP contribution in [0.15, 0.2) is 42.5 Å². The van der Waals surface area contributed by atoms with Crippen LogP contribution in [0.2, 0.25) is 10.0 Å². The third kappa shape index (κ3) is 3.93. The van der Waals surface area contributed by atoms with E-state index in [4.69, 9.17) is 27.9 Å². The summed E-state index contributed by atoms with van der Waals surface area (Å²) in [6.45, 7) is -0.209. The fourth-order valence-corrected chi connectivity index (χ4v) is 3.98. The van der Waals surface area contributed by atoms with E-state index in [1.54, 1.807) is 18.2 Å². The Labute approximate surface area is 163 Å². The van der Waals surface area contributed by atoms with Gasteiger partial charge in [0.15, 0.2) is 0 Å². The van der Waals surface area contributed by atoms with E-state index in [9.17, 15) is 9.59 Å². The standard InChI is InChI=1S/C18H14Cl2N2O3S/c1-25-13-7-6-10(19)8-12(13)22-15(23)9-21-18(24)17-16(20)11-4-2-3-5-14(11)26-17/h2-8H,9H2,1H3,(H,21,24)(H,22,23). The second-order valence-electron chi connectivity index (χ2n) is 5.32. The first-order valence-corrected chi connectivity index (χ1v) is 9.15. The lowest BCUT2D eigenvalue weighted by Gasteiger charge is -2.11. The highest BCUT2D eigenvalue weighted by molar-refractivity contribution is 7.21. The average molecular weight is 409 g/mol. The van der Waals surface area contributed by atoms with Gasteiger partial charge in [0.25, 0.3) is 5.91 Å². The number of benzene rings is 2. The molecular formula is C18H14Cl2N2O3S. The van der Waals surface area contributed by atoms with Crippen LogP contribution in [0.4, 0.5) is 5.69 Å². The number of amides is 2. The second-order valence-corrected chi connectivity index (χ2v) is 7.18. The molecule has 3 aromatic rings. The molecule has 134 valence electrons. The molecule has 0 bridgehead atoms. The number of hydrogen-bond acceptors (Lipinski definition) is 4. The van der Waals surface area contributed by atoms with Gasteiger partial charge < -0.3 is 15.4 Å². The average Bonchev–Trinajstić information content (AvgIpc) is 2.97. The summed E-state index contributed by atoms with van der Waals surface area (Å²) in [7, 11) is 1.49. The zero-order valence-electron chi connectivity index (χ0n) is 13.6. The summed E-state index contributed by atoms with van der Waals surface area (Å²) >= 11 is 13.5. The third-order valence-electron chi connectivity index (χ3n) is 3.59. The number of rotatable bonds is 5. The lowest BCUT2D eigenvalue weighted by atomic mass is 10.2. The van der Waals surface area contributed by atoms with Gasteiger partial charge >= 0.3 is 0 Å². The SMILES string of the molecule is COc1ccc(Cl)cc1NC(=O)CNC(=O)c1sc2ccccc2c1Cl. The molecule has 3 rings (SSSR count). The number of carbonyl (C=O) groups is 2. The van der Waals surface area contributed by atoms with Crippen LogP contribution in [0.5, 0.6) is 5.75 Å². The molecule has 5 nitrogen and oxygen atoms in total.